The van der Waals surface area contributed by atoms with Crippen LogP contribution in [0.25, 0.3) is 0 Å². The Bertz CT molecular complexity index is 536. The number of nitrogens with one attached hydrogen (secondary N) is 1. The first kappa shape index (κ1) is 16.1. The SMILES string of the molecule is CCOC(=O)Nc1ncnc(N)c1N(C=O)C(=O)OCC. The molecule has 21 heavy (non-hydrogen) atoms. The average Bonchev–Trinajstić information content (AvgIpc) is 2.43. The standard InChI is InChI=1S/C11H15N5O5/c1-3-20-10(18)15-9-7(8(12)13-5-14-9)16(6-17)11(19)21-4-2/h5-6H,3-4H2,1-2H3,(H3,12,13,14,15,18). The minimum absolute atomic E-state index is 0.0530. The summed E-state index contributed by atoms with van der Waals surface area (Å²) in [5, 5.41) is 2.26. The van der Waals surface area contributed by atoms with Crippen LogP contribution in [0, 0.1) is 0 Å². The van der Waals surface area contributed by atoms with E-state index in [9.17, 15) is 14.4 Å². The highest BCUT2D eigenvalue weighted by atomic mass is 16.6. The summed E-state index contributed by atoms with van der Waals surface area (Å²) < 4.78 is 9.40. The van der Waals surface area contributed by atoms with Crippen molar-refractivity contribution >= 4 is 35.9 Å². The van der Waals surface area contributed by atoms with Crippen LogP contribution in [0.2, 0.25) is 0 Å². The fourth-order valence-electron chi connectivity index (χ4n) is 1.37. The molecular formula is C11H15N5O5. The van der Waals surface area contributed by atoms with E-state index < -0.39 is 12.2 Å². The number of ether oxygens (including phenoxy) is 2. The van der Waals surface area contributed by atoms with Crippen LogP contribution < -0.4 is 16.0 Å². The molecule has 0 aliphatic carbocycles. The Morgan fingerprint density at radius 3 is 2.57 bits per heavy atom. The number of hydrogen-bond acceptors (Lipinski definition) is 8. The van der Waals surface area contributed by atoms with Gasteiger partial charge in [-0.05, 0) is 13.8 Å². The van der Waals surface area contributed by atoms with E-state index in [4.69, 9.17) is 10.5 Å². The van der Waals surface area contributed by atoms with E-state index >= 15 is 0 Å². The highest BCUT2D eigenvalue weighted by Crippen LogP contribution is 2.28. The highest BCUT2D eigenvalue weighted by molar-refractivity contribution is 6.09. The van der Waals surface area contributed by atoms with Crippen molar-refractivity contribution in [1.82, 2.24) is 9.97 Å². The maximum atomic E-state index is 11.7. The summed E-state index contributed by atoms with van der Waals surface area (Å²) >= 11 is 0. The third kappa shape index (κ3) is 4.03. The van der Waals surface area contributed by atoms with Gasteiger partial charge in [-0.3, -0.25) is 10.1 Å². The summed E-state index contributed by atoms with van der Waals surface area (Å²) in [5.41, 5.74) is 5.43. The molecule has 0 saturated heterocycles. The number of nitrogen functional groups attached to an aromatic ring is 1. The van der Waals surface area contributed by atoms with E-state index in [0.29, 0.717) is 4.90 Å². The number of carbonyl (C=O) groups excluding carboxylic acids is 3. The van der Waals surface area contributed by atoms with E-state index in [-0.39, 0.29) is 36.9 Å². The van der Waals surface area contributed by atoms with Crippen LogP contribution in [0.15, 0.2) is 6.33 Å². The van der Waals surface area contributed by atoms with Crippen molar-refractivity contribution in [1.29, 1.82) is 0 Å². The second-order valence-corrected chi connectivity index (χ2v) is 3.48. The van der Waals surface area contributed by atoms with Gasteiger partial charge in [-0.25, -0.2) is 24.5 Å². The second-order valence-electron chi connectivity index (χ2n) is 3.48. The van der Waals surface area contributed by atoms with Crippen molar-refractivity contribution < 1.29 is 23.9 Å². The number of carbonyl (C=O) groups is 3. The van der Waals surface area contributed by atoms with Crippen LogP contribution in [0.3, 0.4) is 0 Å². The number of nitrogens with zero attached hydrogens (tertiary/aromatic N) is 3. The Kier molecular flexibility index (Phi) is 5.86. The van der Waals surface area contributed by atoms with Crippen LogP contribution in [0.1, 0.15) is 13.8 Å². The number of anilines is 3. The predicted molar refractivity (Wildman–Crippen MR) is 72.7 cm³/mol. The number of imide groups is 1. The molecule has 0 spiro atoms. The van der Waals surface area contributed by atoms with Gasteiger partial charge in [0.1, 0.15) is 12.0 Å². The van der Waals surface area contributed by atoms with Gasteiger partial charge in [0, 0.05) is 0 Å². The first-order valence-corrected chi connectivity index (χ1v) is 6.00. The van der Waals surface area contributed by atoms with Crippen LogP contribution in [-0.4, -0.2) is 41.8 Å². The monoisotopic (exact) mass is 297 g/mol. The molecule has 1 aromatic rings. The lowest BCUT2D eigenvalue weighted by Crippen LogP contribution is -2.32. The van der Waals surface area contributed by atoms with Gasteiger partial charge in [0.25, 0.3) is 0 Å². The fourth-order valence-corrected chi connectivity index (χ4v) is 1.37. The van der Waals surface area contributed by atoms with Gasteiger partial charge >= 0.3 is 12.2 Å². The number of amides is 3. The number of aromatic nitrogens is 2. The molecule has 0 radical (unpaired) electrons. The van der Waals surface area contributed by atoms with Crippen molar-refractivity contribution in [2.45, 2.75) is 13.8 Å². The molecule has 1 rings (SSSR count). The third-order valence-electron chi connectivity index (χ3n) is 2.16. The second kappa shape index (κ2) is 7.62. The van der Waals surface area contributed by atoms with Crippen LogP contribution in [-0.2, 0) is 14.3 Å². The zero-order chi connectivity index (χ0) is 15.8. The van der Waals surface area contributed by atoms with Crippen molar-refractivity contribution in [2.75, 3.05) is 29.2 Å². The van der Waals surface area contributed by atoms with Gasteiger partial charge in [0.15, 0.2) is 11.6 Å². The smallest absolute Gasteiger partial charge is 0.421 e. The number of nitrogens with two attached hydrogens (primary N) is 1. The van der Waals surface area contributed by atoms with Crippen molar-refractivity contribution in [3.63, 3.8) is 0 Å². The van der Waals surface area contributed by atoms with Gasteiger partial charge in [-0.2, -0.15) is 0 Å². The summed E-state index contributed by atoms with van der Waals surface area (Å²) in [7, 11) is 0. The summed E-state index contributed by atoms with van der Waals surface area (Å²) in [5.74, 6) is -0.335. The van der Waals surface area contributed by atoms with E-state index in [0.717, 1.165) is 6.33 Å². The molecule has 10 nitrogen and oxygen atoms in total. The molecule has 3 amide bonds. The summed E-state index contributed by atoms with van der Waals surface area (Å²) in [6, 6.07) is 0. The van der Waals surface area contributed by atoms with Crippen LogP contribution in [0.5, 0.6) is 0 Å². The summed E-state index contributed by atoms with van der Waals surface area (Å²) in [4.78, 5) is 42.2. The molecule has 0 aliphatic rings. The molecule has 1 aromatic heterocycles. The van der Waals surface area contributed by atoms with E-state index in [1.54, 1.807) is 13.8 Å². The van der Waals surface area contributed by atoms with Gasteiger partial charge in [-0.1, -0.05) is 0 Å². The number of rotatable bonds is 5. The molecule has 0 saturated carbocycles. The van der Waals surface area contributed by atoms with Crippen LogP contribution >= 0.6 is 0 Å². The predicted octanol–water partition coefficient (Wildman–Crippen LogP) is 0.746. The lowest BCUT2D eigenvalue weighted by molar-refractivity contribution is -0.107. The van der Waals surface area contributed by atoms with Crippen molar-refractivity contribution in [2.24, 2.45) is 0 Å². The van der Waals surface area contributed by atoms with E-state index in [1.165, 1.54) is 0 Å². The minimum Gasteiger partial charge on any atom is -0.450 e. The Morgan fingerprint density at radius 2 is 2.00 bits per heavy atom. The largest absolute Gasteiger partial charge is 0.450 e. The van der Waals surface area contributed by atoms with E-state index in [2.05, 4.69) is 20.0 Å². The Morgan fingerprint density at radius 1 is 1.33 bits per heavy atom. The Labute approximate surface area is 120 Å². The van der Waals surface area contributed by atoms with Gasteiger partial charge < -0.3 is 15.2 Å². The molecule has 3 N–H and O–H groups in total. The van der Waals surface area contributed by atoms with Crippen molar-refractivity contribution in [3.05, 3.63) is 6.33 Å². The molecular weight excluding hydrogens is 282 g/mol. The minimum atomic E-state index is -0.971. The molecule has 0 atom stereocenters. The van der Waals surface area contributed by atoms with Crippen LogP contribution in [0.4, 0.5) is 26.9 Å². The molecule has 0 aromatic carbocycles. The topological polar surface area (TPSA) is 137 Å². The lowest BCUT2D eigenvalue weighted by atomic mass is 10.4. The quantitative estimate of drug-likeness (QED) is 0.759. The Balaban J connectivity index is 3.16. The average molecular weight is 297 g/mol. The Hall–Kier alpha value is -2.91. The lowest BCUT2D eigenvalue weighted by Gasteiger charge is -2.18. The van der Waals surface area contributed by atoms with Gasteiger partial charge in [-0.15, -0.1) is 0 Å². The molecule has 0 bridgehead atoms. The van der Waals surface area contributed by atoms with Gasteiger partial charge in [0.2, 0.25) is 6.41 Å². The maximum Gasteiger partial charge on any atom is 0.421 e. The molecule has 0 aliphatic heterocycles. The number of hydrogen-bond donors (Lipinski definition) is 2. The molecule has 10 heteroatoms. The first-order valence-electron chi connectivity index (χ1n) is 6.00. The molecule has 0 unspecified atom stereocenters. The van der Waals surface area contributed by atoms with Gasteiger partial charge in [0.05, 0.1) is 13.2 Å². The third-order valence-corrected chi connectivity index (χ3v) is 2.16. The summed E-state index contributed by atoms with van der Waals surface area (Å²) in [6.07, 6.45) is -0.537. The zero-order valence-electron chi connectivity index (χ0n) is 11.5. The zero-order valence-corrected chi connectivity index (χ0v) is 11.5. The first-order chi connectivity index (χ1) is 10.0. The fraction of sp³-hybridized carbons (Fsp3) is 0.364. The van der Waals surface area contributed by atoms with Crippen molar-refractivity contribution in [3.8, 4) is 0 Å². The highest BCUT2D eigenvalue weighted by Gasteiger charge is 2.25. The maximum absolute atomic E-state index is 11.7. The van der Waals surface area contributed by atoms with E-state index in [1.807, 2.05) is 0 Å². The normalized spacial score (nSPS) is 9.62. The summed E-state index contributed by atoms with van der Waals surface area (Å²) in [6.45, 7) is 3.38. The molecule has 0 fully saturated rings. The molecule has 1 heterocycles. The molecule has 114 valence electrons.